The van der Waals surface area contributed by atoms with E-state index >= 15 is 0 Å². The molecule has 3 rings (SSSR count). The summed E-state index contributed by atoms with van der Waals surface area (Å²) in [4.78, 5) is 2.63. The Labute approximate surface area is 108 Å². The second-order valence-corrected chi connectivity index (χ2v) is 5.56. The molecule has 2 heterocycles. The highest BCUT2D eigenvalue weighted by atomic mass is 15.2. The van der Waals surface area contributed by atoms with Crippen molar-refractivity contribution in [3.05, 3.63) is 30.0 Å². The van der Waals surface area contributed by atoms with Crippen LogP contribution in [-0.2, 0) is 0 Å². The van der Waals surface area contributed by atoms with Crippen molar-refractivity contribution in [2.75, 3.05) is 6.54 Å². The Kier molecular flexibility index (Phi) is 3.08. The van der Waals surface area contributed by atoms with Crippen molar-refractivity contribution >= 4 is 10.9 Å². The second-order valence-electron chi connectivity index (χ2n) is 5.56. The number of nitrogens with one attached hydrogen (secondary N) is 1. The van der Waals surface area contributed by atoms with Gasteiger partial charge in [-0.2, -0.15) is 5.10 Å². The minimum atomic E-state index is 0.582. The Morgan fingerprint density at radius 3 is 3.06 bits per heavy atom. The lowest BCUT2D eigenvalue weighted by Crippen LogP contribution is -2.38. The van der Waals surface area contributed by atoms with Crippen LogP contribution < -0.4 is 0 Å². The number of H-pyrrole nitrogens is 1. The molecule has 2 aromatic rings. The number of aromatic nitrogens is 2. The highest BCUT2D eigenvalue weighted by Gasteiger charge is 2.25. The van der Waals surface area contributed by atoms with Crippen LogP contribution in [0.2, 0.25) is 0 Å². The molecule has 0 amide bonds. The molecule has 1 fully saturated rings. The van der Waals surface area contributed by atoms with E-state index < -0.39 is 0 Å². The van der Waals surface area contributed by atoms with Crippen molar-refractivity contribution in [3.8, 4) is 0 Å². The van der Waals surface area contributed by atoms with Gasteiger partial charge in [0.25, 0.3) is 0 Å². The maximum atomic E-state index is 4.10. The summed E-state index contributed by atoms with van der Waals surface area (Å²) in [5.41, 5.74) is 2.57. The molecule has 1 saturated heterocycles. The van der Waals surface area contributed by atoms with Crippen LogP contribution in [0, 0.1) is 0 Å². The van der Waals surface area contributed by atoms with Crippen LogP contribution in [0.1, 0.15) is 44.7 Å². The van der Waals surface area contributed by atoms with Gasteiger partial charge in [0.2, 0.25) is 0 Å². The maximum absolute atomic E-state index is 4.10. The Morgan fingerprint density at radius 1 is 1.33 bits per heavy atom. The molecule has 3 heteroatoms. The zero-order chi connectivity index (χ0) is 12.5. The maximum Gasteiger partial charge on any atom is 0.0650 e. The van der Waals surface area contributed by atoms with Gasteiger partial charge in [-0.1, -0.05) is 12.5 Å². The van der Waals surface area contributed by atoms with Gasteiger partial charge in [-0.05, 0) is 50.9 Å². The van der Waals surface area contributed by atoms with E-state index in [4.69, 9.17) is 0 Å². The molecule has 96 valence electrons. The third-order valence-corrected chi connectivity index (χ3v) is 4.06. The molecule has 0 radical (unpaired) electrons. The van der Waals surface area contributed by atoms with E-state index in [9.17, 15) is 0 Å². The third-order valence-electron chi connectivity index (χ3n) is 4.06. The molecular formula is C15H21N3. The Hall–Kier alpha value is -1.35. The van der Waals surface area contributed by atoms with E-state index in [1.165, 1.54) is 36.8 Å². The van der Waals surface area contributed by atoms with Crippen LogP contribution in [-0.4, -0.2) is 27.7 Å². The summed E-state index contributed by atoms with van der Waals surface area (Å²) < 4.78 is 0. The first-order valence-corrected chi connectivity index (χ1v) is 6.94. The number of hydrogen-bond acceptors (Lipinski definition) is 2. The predicted octanol–water partition coefficient (Wildman–Crippen LogP) is 3.50. The standard InChI is InChI=1S/C15H21N3/c1-11(2)18-8-4-3-5-15(18)12-6-7-14-13(9-12)10-16-17-14/h6-7,9-11,15H,3-5,8H2,1-2H3,(H,16,17). The highest BCUT2D eigenvalue weighted by Crippen LogP contribution is 2.33. The smallest absolute Gasteiger partial charge is 0.0650 e. The summed E-state index contributed by atoms with van der Waals surface area (Å²) in [7, 11) is 0. The van der Waals surface area contributed by atoms with Crippen LogP contribution >= 0.6 is 0 Å². The van der Waals surface area contributed by atoms with Crippen molar-refractivity contribution in [2.45, 2.75) is 45.2 Å². The molecule has 1 aromatic carbocycles. The molecule has 0 bridgehead atoms. The summed E-state index contributed by atoms with van der Waals surface area (Å²) in [6.45, 7) is 5.83. The minimum absolute atomic E-state index is 0.582. The Morgan fingerprint density at radius 2 is 2.22 bits per heavy atom. The van der Waals surface area contributed by atoms with Crippen LogP contribution in [0.5, 0.6) is 0 Å². The van der Waals surface area contributed by atoms with Gasteiger partial charge in [-0.15, -0.1) is 0 Å². The summed E-state index contributed by atoms with van der Waals surface area (Å²) >= 11 is 0. The number of likely N-dealkylation sites (tertiary alicyclic amines) is 1. The van der Waals surface area contributed by atoms with Gasteiger partial charge in [-0.25, -0.2) is 0 Å². The summed E-state index contributed by atoms with van der Waals surface area (Å²) in [5, 5.41) is 8.35. The van der Waals surface area contributed by atoms with Crippen LogP contribution in [0.25, 0.3) is 10.9 Å². The van der Waals surface area contributed by atoms with Crippen LogP contribution in [0.15, 0.2) is 24.4 Å². The average molecular weight is 243 g/mol. The second kappa shape index (κ2) is 4.73. The molecule has 3 nitrogen and oxygen atoms in total. The highest BCUT2D eigenvalue weighted by molar-refractivity contribution is 5.78. The van der Waals surface area contributed by atoms with E-state index in [-0.39, 0.29) is 0 Å². The molecule has 1 aromatic heterocycles. The van der Waals surface area contributed by atoms with Crippen LogP contribution in [0.4, 0.5) is 0 Å². The lowest BCUT2D eigenvalue weighted by Gasteiger charge is -2.39. The largest absolute Gasteiger partial charge is 0.294 e. The molecule has 1 aliphatic rings. The number of rotatable bonds is 2. The third kappa shape index (κ3) is 2.03. The zero-order valence-electron chi connectivity index (χ0n) is 11.2. The normalized spacial score (nSPS) is 21.8. The Bertz CT molecular complexity index is 529. The quantitative estimate of drug-likeness (QED) is 0.875. The minimum Gasteiger partial charge on any atom is -0.294 e. The van der Waals surface area contributed by atoms with E-state index in [1.807, 2.05) is 6.20 Å². The van der Waals surface area contributed by atoms with Gasteiger partial charge in [0.1, 0.15) is 0 Å². The van der Waals surface area contributed by atoms with Crippen molar-refractivity contribution < 1.29 is 0 Å². The van der Waals surface area contributed by atoms with Gasteiger partial charge < -0.3 is 0 Å². The first-order valence-electron chi connectivity index (χ1n) is 6.94. The SMILES string of the molecule is CC(C)N1CCCCC1c1ccc2[nH]ncc2c1. The molecular weight excluding hydrogens is 222 g/mol. The monoisotopic (exact) mass is 243 g/mol. The molecule has 1 unspecified atom stereocenters. The van der Waals surface area contributed by atoms with Gasteiger partial charge >= 0.3 is 0 Å². The number of fused-ring (bicyclic) bond motifs is 1. The fraction of sp³-hybridized carbons (Fsp3) is 0.533. The lowest BCUT2D eigenvalue weighted by molar-refractivity contribution is 0.112. The van der Waals surface area contributed by atoms with E-state index in [1.54, 1.807) is 0 Å². The first-order chi connectivity index (χ1) is 8.75. The lowest BCUT2D eigenvalue weighted by atomic mass is 9.93. The van der Waals surface area contributed by atoms with Crippen molar-refractivity contribution in [2.24, 2.45) is 0 Å². The van der Waals surface area contributed by atoms with Crippen molar-refractivity contribution in [3.63, 3.8) is 0 Å². The molecule has 18 heavy (non-hydrogen) atoms. The molecule has 0 saturated carbocycles. The van der Waals surface area contributed by atoms with Crippen molar-refractivity contribution in [1.82, 2.24) is 15.1 Å². The Balaban J connectivity index is 1.95. The topological polar surface area (TPSA) is 31.9 Å². The predicted molar refractivity (Wildman–Crippen MR) is 74.5 cm³/mol. The van der Waals surface area contributed by atoms with E-state index in [0.29, 0.717) is 12.1 Å². The number of nitrogens with zero attached hydrogens (tertiary/aromatic N) is 2. The first kappa shape index (κ1) is 11.7. The number of aromatic amines is 1. The number of hydrogen-bond donors (Lipinski definition) is 1. The zero-order valence-corrected chi connectivity index (χ0v) is 11.2. The van der Waals surface area contributed by atoms with Gasteiger partial charge in [0.15, 0.2) is 0 Å². The molecule has 0 aliphatic carbocycles. The molecule has 1 atom stereocenters. The fourth-order valence-electron chi connectivity index (χ4n) is 3.10. The molecule has 0 spiro atoms. The van der Waals surface area contributed by atoms with E-state index in [2.05, 4.69) is 47.1 Å². The van der Waals surface area contributed by atoms with Crippen LogP contribution in [0.3, 0.4) is 0 Å². The van der Waals surface area contributed by atoms with Gasteiger partial charge in [-0.3, -0.25) is 10.00 Å². The summed E-state index contributed by atoms with van der Waals surface area (Å²) in [6.07, 6.45) is 5.88. The van der Waals surface area contributed by atoms with Gasteiger partial charge in [0.05, 0.1) is 11.7 Å². The molecule has 1 aliphatic heterocycles. The summed E-state index contributed by atoms with van der Waals surface area (Å²) in [5.74, 6) is 0. The van der Waals surface area contributed by atoms with E-state index in [0.717, 1.165) is 5.52 Å². The fourth-order valence-corrected chi connectivity index (χ4v) is 3.10. The van der Waals surface area contributed by atoms with Crippen molar-refractivity contribution in [1.29, 1.82) is 0 Å². The average Bonchev–Trinajstić information content (AvgIpc) is 2.85. The molecule has 1 N–H and O–H groups in total. The number of piperidine rings is 1. The summed E-state index contributed by atoms with van der Waals surface area (Å²) in [6, 6.07) is 7.91. The number of benzene rings is 1. The van der Waals surface area contributed by atoms with Gasteiger partial charge in [0, 0.05) is 17.5 Å².